The number of benzene rings is 1. The molecule has 0 atom stereocenters. The first kappa shape index (κ1) is 12.2. The van der Waals surface area contributed by atoms with E-state index in [2.05, 4.69) is 10.3 Å². The second-order valence-electron chi connectivity index (χ2n) is 3.94. The molecule has 0 saturated carbocycles. The Morgan fingerprint density at radius 1 is 1.33 bits per heavy atom. The minimum atomic E-state index is -0.0807. The molecular formula is C14H16N2O2. The first-order valence-corrected chi connectivity index (χ1v) is 5.84. The van der Waals surface area contributed by atoms with Crippen LogP contribution in [0, 0.1) is 0 Å². The number of methoxy groups -OCH3 is 1. The van der Waals surface area contributed by atoms with Crippen LogP contribution in [-0.4, -0.2) is 24.5 Å². The van der Waals surface area contributed by atoms with Crippen LogP contribution in [0.1, 0.15) is 16.1 Å². The summed E-state index contributed by atoms with van der Waals surface area (Å²) in [5.41, 5.74) is 1.72. The summed E-state index contributed by atoms with van der Waals surface area (Å²) in [5.74, 6) is 0.756. The van der Waals surface area contributed by atoms with Gasteiger partial charge in [0.05, 0.1) is 7.11 Å². The number of hydrogen-bond acceptors (Lipinski definition) is 2. The minimum Gasteiger partial charge on any atom is -0.497 e. The standard InChI is InChI=1S/C14H16N2O2/c1-18-12-5-2-4-11(10-12)7-9-16-14(17)13-6-3-8-15-13/h2-6,8,10,15H,7,9H2,1H3,(H,16,17). The number of H-pyrrole nitrogens is 1. The summed E-state index contributed by atoms with van der Waals surface area (Å²) in [4.78, 5) is 14.5. The molecule has 0 aliphatic heterocycles. The van der Waals surface area contributed by atoms with E-state index in [1.807, 2.05) is 24.3 Å². The molecule has 1 aromatic heterocycles. The van der Waals surface area contributed by atoms with E-state index in [-0.39, 0.29) is 5.91 Å². The molecular weight excluding hydrogens is 228 g/mol. The molecule has 0 saturated heterocycles. The van der Waals surface area contributed by atoms with Crippen LogP contribution >= 0.6 is 0 Å². The third-order valence-electron chi connectivity index (χ3n) is 2.68. The molecule has 2 aromatic rings. The van der Waals surface area contributed by atoms with Crippen LogP contribution in [-0.2, 0) is 6.42 Å². The van der Waals surface area contributed by atoms with E-state index >= 15 is 0 Å². The maximum Gasteiger partial charge on any atom is 0.267 e. The fraction of sp³-hybridized carbons (Fsp3) is 0.214. The summed E-state index contributed by atoms with van der Waals surface area (Å²) in [7, 11) is 1.64. The molecule has 0 bridgehead atoms. The van der Waals surface area contributed by atoms with Crippen molar-refractivity contribution >= 4 is 5.91 Å². The molecule has 94 valence electrons. The minimum absolute atomic E-state index is 0.0807. The molecule has 0 fully saturated rings. The molecule has 18 heavy (non-hydrogen) atoms. The van der Waals surface area contributed by atoms with Crippen molar-refractivity contribution < 1.29 is 9.53 Å². The van der Waals surface area contributed by atoms with Crippen LogP contribution in [0.2, 0.25) is 0 Å². The number of carbonyl (C=O) groups excluding carboxylic acids is 1. The van der Waals surface area contributed by atoms with Gasteiger partial charge in [-0.3, -0.25) is 4.79 Å². The monoisotopic (exact) mass is 244 g/mol. The van der Waals surface area contributed by atoms with Crippen molar-refractivity contribution in [3.8, 4) is 5.75 Å². The number of amides is 1. The summed E-state index contributed by atoms with van der Waals surface area (Å²) in [6, 6.07) is 11.4. The van der Waals surface area contributed by atoms with E-state index in [1.54, 1.807) is 25.4 Å². The van der Waals surface area contributed by atoms with Gasteiger partial charge in [-0.1, -0.05) is 12.1 Å². The molecule has 4 heteroatoms. The lowest BCUT2D eigenvalue weighted by Crippen LogP contribution is -2.25. The molecule has 0 spiro atoms. The molecule has 1 heterocycles. The van der Waals surface area contributed by atoms with E-state index in [0.29, 0.717) is 12.2 Å². The summed E-state index contributed by atoms with van der Waals surface area (Å²) < 4.78 is 5.15. The maximum absolute atomic E-state index is 11.7. The average molecular weight is 244 g/mol. The van der Waals surface area contributed by atoms with Gasteiger partial charge in [0.15, 0.2) is 0 Å². The van der Waals surface area contributed by atoms with E-state index in [0.717, 1.165) is 17.7 Å². The number of aromatic amines is 1. The van der Waals surface area contributed by atoms with E-state index in [4.69, 9.17) is 4.74 Å². The fourth-order valence-electron chi connectivity index (χ4n) is 1.72. The average Bonchev–Trinajstić information content (AvgIpc) is 2.93. The maximum atomic E-state index is 11.7. The lowest BCUT2D eigenvalue weighted by atomic mass is 10.1. The van der Waals surface area contributed by atoms with Gasteiger partial charge in [-0.05, 0) is 36.2 Å². The number of nitrogens with one attached hydrogen (secondary N) is 2. The highest BCUT2D eigenvalue weighted by Crippen LogP contribution is 2.12. The quantitative estimate of drug-likeness (QED) is 0.845. The Labute approximate surface area is 106 Å². The van der Waals surface area contributed by atoms with Crippen LogP contribution in [0.3, 0.4) is 0 Å². The molecule has 0 radical (unpaired) electrons. The molecule has 0 aliphatic rings. The van der Waals surface area contributed by atoms with Gasteiger partial charge in [0.2, 0.25) is 0 Å². The predicted octanol–water partition coefficient (Wildman–Crippen LogP) is 2.00. The van der Waals surface area contributed by atoms with Crippen molar-refractivity contribution in [2.45, 2.75) is 6.42 Å². The lowest BCUT2D eigenvalue weighted by Gasteiger charge is -2.06. The Morgan fingerprint density at radius 3 is 2.94 bits per heavy atom. The number of ether oxygens (including phenoxy) is 1. The Balaban J connectivity index is 1.83. The first-order valence-electron chi connectivity index (χ1n) is 5.84. The van der Waals surface area contributed by atoms with Crippen LogP contribution < -0.4 is 10.1 Å². The molecule has 0 unspecified atom stereocenters. The molecule has 2 rings (SSSR count). The summed E-state index contributed by atoms with van der Waals surface area (Å²) in [5, 5.41) is 2.86. The van der Waals surface area contributed by atoms with Crippen LogP contribution in [0.4, 0.5) is 0 Å². The van der Waals surface area contributed by atoms with Crippen molar-refractivity contribution in [2.75, 3.05) is 13.7 Å². The highest BCUT2D eigenvalue weighted by atomic mass is 16.5. The fourth-order valence-corrected chi connectivity index (χ4v) is 1.72. The van der Waals surface area contributed by atoms with Gasteiger partial charge < -0.3 is 15.0 Å². The summed E-state index contributed by atoms with van der Waals surface area (Å²) in [6.45, 7) is 0.602. The highest BCUT2D eigenvalue weighted by Gasteiger charge is 2.04. The number of rotatable bonds is 5. The van der Waals surface area contributed by atoms with Crippen LogP contribution in [0.15, 0.2) is 42.6 Å². The van der Waals surface area contributed by atoms with Gasteiger partial charge in [0, 0.05) is 12.7 Å². The molecule has 1 aromatic carbocycles. The Bertz CT molecular complexity index is 506. The Morgan fingerprint density at radius 2 is 2.22 bits per heavy atom. The molecule has 1 amide bonds. The molecule has 4 nitrogen and oxygen atoms in total. The highest BCUT2D eigenvalue weighted by molar-refractivity contribution is 5.92. The Hall–Kier alpha value is -2.23. The molecule has 2 N–H and O–H groups in total. The third-order valence-corrected chi connectivity index (χ3v) is 2.68. The lowest BCUT2D eigenvalue weighted by molar-refractivity contribution is 0.0950. The van der Waals surface area contributed by atoms with Crippen molar-refractivity contribution in [3.05, 3.63) is 53.9 Å². The second-order valence-corrected chi connectivity index (χ2v) is 3.94. The Kier molecular flexibility index (Phi) is 4.02. The smallest absolute Gasteiger partial charge is 0.267 e. The largest absolute Gasteiger partial charge is 0.497 e. The second kappa shape index (κ2) is 5.91. The van der Waals surface area contributed by atoms with E-state index < -0.39 is 0 Å². The van der Waals surface area contributed by atoms with Crippen LogP contribution in [0.5, 0.6) is 5.75 Å². The van der Waals surface area contributed by atoms with E-state index in [9.17, 15) is 4.79 Å². The predicted molar refractivity (Wildman–Crippen MR) is 69.8 cm³/mol. The molecule has 0 aliphatic carbocycles. The van der Waals surface area contributed by atoms with Crippen molar-refractivity contribution in [2.24, 2.45) is 0 Å². The number of carbonyl (C=O) groups is 1. The van der Waals surface area contributed by atoms with Gasteiger partial charge in [0.25, 0.3) is 5.91 Å². The zero-order valence-electron chi connectivity index (χ0n) is 10.3. The van der Waals surface area contributed by atoms with Crippen molar-refractivity contribution in [1.29, 1.82) is 0 Å². The normalized spacial score (nSPS) is 10.1. The zero-order valence-corrected chi connectivity index (χ0v) is 10.3. The summed E-state index contributed by atoms with van der Waals surface area (Å²) >= 11 is 0. The van der Waals surface area contributed by atoms with Gasteiger partial charge in [0.1, 0.15) is 11.4 Å². The third kappa shape index (κ3) is 3.13. The van der Waals surface area contributed by atoms with Crippen molar-refractivity contribution in [1.82, 2.24) is 10.3 Å². The number of hydrogen-bond donors (Lipinski definition) is 2. The topological polar surface area (TPSA) is 54.1 Å². The van der Waals surface area contributed by atoms with E-state index in [1.165, 1.54) is 0 Å². The van der Waals surface area contributed by atoms with Crippen molar-refractivity contribution in [3.63, 3.8) is 0 Å². The van der Waals surface area contributed by atoms with Gasteiger partial charge >= 0.3 is 0 Å². The summed E-state index contributed by atoms with van der Waals surface area (Å²) in [6.07, 6.45) is 2.51. The van der Waals surface area contributed by atoms with Gasteiger partial charge in [-0.15, -0.1) is 0 Å². The number of aromatic nitrogens is 1. The van der Waals surface area contributed by atoms with Crippen LogP contribution in [0.25, 0.3) is 0 Å². The zero-order chi connectivity index (χ0) is 12.8. The first-order chi connectivity index (χ1) is 8.79. The SMILES string of the molecule is COc1cccc(CCNC(=O)c2ccc[nH]2)c1. The van der Waals surface area contributed by atoms with Gasteiger partial charge in [-0.2, -0.15) is 0 Å². The van der Waals surface area contributed by atoms with Gasteiger partial charge in [-0.25, -0.2) is 0 Å².